The Labute approximate surface area is 141 Å². The second kappa shape index (κ2) is 8.29. The molecule has 0 aliphatic heterocycles. The minimum absolute atomic E-state index is 0.0981. The Balaban J connectivity index is 1.97. The molecule has 0 bridgehead atoms. The maximum atomic E-state index is 11.9. The van der Waals surface area contributed by atoms with Crippen molar-refractivity contribution in [1.82, 2.24) is 15.1 Å². The van der Waals surface area contributed by atoms with Gasteiger partial charge in [0.25, 0.3) is 0 Å². The molecule has 1 amide bonds. The number of aromatic nitrogens is 2. The Bertz CT molecular complexity index is 708. The Morgan fingerprint density at radius 3 is 2.54 bits per heavy atom. The average Bonchev–Trinajstić information content (AvgIpc) is 2.86. The Morgan fingerprint density at radius 2 is 1.88 bits per heavy atom. The van der Waals surface area contributed by atoms with Gasteiger partial charge in [0.15, 0.2) is 0 Å². The molecule has 0 saturated carbocycles. The van der Waals surface area contributed by atoms with Crippen LogP contribution in [0.15, 0.2) is 30.3 Å². The van der Waals surface area contributed by atoms with Crippen molar-refractivity contribution in [2.24, 2.45) is 0 Å². The first kappa shape index (κ1) is 17.7. The molecule has 6 heteroatoms. The number of nitrogens with one attached hydrogen (secondary N) is 1. The van der Waals surface area contributed by atoms with Crippen LogP contribution in [0.3, 0.4) is 0 Å². The molecule has 0 spiro atoms. The standard InChI is InChI=1S/C18H23N3O3/c1-4-24-18(23)11-10-17(22)19-12-16-13(2)20-21(14(16)3)15-8-6-5-7-9-15/h5-9H,4,10-12H2,1-3H3,(H,19,22). The summed E-state index contributed by atoms with van der Waals surface area (Å²) in [6.07, 6.45) is 0.227. The third-order valence-corrected chi connectivity index (χ3v) is 3.77. The van der Waals surface area contributed by atoms with Gasteiger partial charge in [-0.1, -0.05) is 18.2 Å². The number of rotatable bonds is 7. The van der Waals surface area contributed by atoms with Gasteiger partial charge >= 0.3 is 5.97 Å². The second-order valence-corrected chi connectivity index (χ2v) is 5.48. The average molecular weight is 329 g/mol. The number of amides is 1. The van der Waals surface area contributed by atoms with Gasteiger partial charge in [0, 0.05) is 24.2 Å². The van der Waals surface area contributed by atoms with E-state index in [0.717, 1.165) is 22.6 Å². The number of nitrogens with zero attached hydrogens (tertiary/aromatic N) is 2. The normalized spacial score (nSPS) is 10.5. The molecule has 1 aromatic heterocycles. The summed E-state index contributed by atoms with van der Waals surface area (Å²) in [7, 11) is 0. The fourth-order valence-corrected chi connectivity index (χ4v) is 2.48. The predicted octanol–water partition coefficient (Wildman–Crippen LogP) is 2.45. The summed E-state index contributed by atoms with van der Waals surface area (Å²) in [6, 6.07) is 9.85. The second-order valence-electron chi connectivity index (χ2n) is 5.48. The van der Waals surface area contributed by atoms with Crippen LogP contribution in [0.5, 0.6) is 0 Å². The molecule has 2 rings (SSSR count). The van der Waals surface area contributed by atoms with E-state index < -0.39 is 0 Å². The lowest BCUT2D eigenvalue weighted by Crippen LogP contribution is -2.24. The van der Waals surface area contributed by atoms with Gasteiger partial charge in [-0.05, 0) is 32.9 Å². The molecule has 128 valence electrons. The number of ether oxygens (including phenoxy) is 1. The lowest BCUT2D eigenvalue weighted by atomic mass is 10.2. The quantitative estimate of drug-likeness (QED) is 0.792. The van der Waals surface area contributed by atoms with Crippen molar-refractivity contribution in [3.05, 3.63) is 47.3 Å². The molecule has 1 N–H and O–H groups in total. The lowest BCUT2D eigenvalue weighted by molar-refractivity contribution is -0.144. The van der Waals surface area contributed by atoms with Crippen LogP contribution < -0.4 is 5.32 Å². The minimum atomic E-state index is -0.350. The van der Waals surface area contributed by atoms with E-state index >= 15 is 0 Å². The van der Waals surface area contributed by atoms with Crippen molar-refractivity contribution < 1.29 is 14.3 Å². The molecular formula is C18H23N3O3. The topological polar surface area (TPSA) is 73.2 Å². The van der Waals surface area contributed by atoms with Crippen LogP contribution in [0, 0.1) is 13.8 Å². The summed E-state index contributed by atoms with van der Waals surface area (Å²) in [6.45, 7) is 6.37. The molecule has 1 aromatic carbocycles. The van der Waals surface area contributed by atoms with Crippen molar-refractivity contribution in [3.63, 3.8) is 0 Å². The summed E-state index contributed by atoms with van der Waals surface area (Å²) in [5, 5.41) is 7.39. The highest BCUT2D eigenvalue weighted by molar-refractivity contribution is 5.81. The fourth-order valence-electron chi connectivity index (χ4n) is 2.48. The van der Waals surface area contributed by atoms with Crippen LogP contribution in [-0.4, -0.2) is 28.3 Å². The Morgan fingerprint density at radius 1 is 1.17 bits per heavy atom. The summed E-state index contributed by atoms with van der Waals surface area (Å²) in [5.74, 6) is -0.522. The summed E-state index contributed by atoms with van der Waals surface area (Å²) in [5.41, 5.74) is 3.84. The molecule has 0 aliphatic rings. The zero-order valence-corrected chi connectivity index (χ0v) is 14.3. The first-order chi connectivity index (χ1) is 11.5. The fraction of sp³-hybridized carbons (Fsp3) is 0.389. The predicted molar refractivity (Wildman–Crippen MR) is 90.8 cm³/mol. The van der Waals surface area contributed by atoms with E-state index in [1.807, 2.05) is 48.9 Å². The number of carbonyl (C=O) groups is 2. The molecule has 2 aromatic rings. The van der Waals surface area contributed by atoms with E-state index in [-0.39, 0.29) is 24.7 Å². The smallest absolute Gasteiger partial charge is 0.306 e. The molecule has 1 heterocycles. The van der Waals surface area contributed by atoms with Crippen LogP contribution in [0.1, 0.15) is 36.7 Å². The largest absolute Gasteiger partial charge is 0.466 e. The first-order valence-corrected chi connectivity index (χ1v) is 8.05. The van der Waals surface area contributed by atoms with Gasteiger partial charge in [-0.15, -0.1) is 0 Å². The van der Waals surface area contributed by atoms with E-state index in [2.05, 4.69) is 10.4 Å². The molecule has 6 nitrogen and oxygen atoms in total. The van der Waals surface area contributed by atoms with E-state index in [1.54, 1.807) is 6.92 Å². The highest BCUT2D eigenvalue weighted by atomic mass is 16.5. The van der Waals surface area contributed by atoms with Gasteiger partial charge < -0.3 is 10.1 Å². The van der Waals surface area contributed by atoms with Crippen molar-refractivity contribution in [2.75, 3.05) is 6.61 Å². The van der Waals surface area contributed by atoms with Gasteiger partial charge in [0.2, 0.25) is 5.91 Å². The number of hydrogen-bond acceptors (Lipinski definition) is 4. The lowest BCUT2D eigenvalue weighted by Gasteiger charge is -2.07. The third kappa shape index (κ3) is 4.44. The van der Waals surface area contributed by atoms with Crippen molar-refractivity contribution >= 4 is 11.9 Å². The molecule has 0 fully saturated rings. The SMILES string of the molecule is CCOC(=O)CCC(=O)NCc1c(C)nn(-c2ccccc2)c1C. The number of para-hydroxylation sites is 1. The number of aryl methyl sites for hydroxylation is 1. The van der Waals surface area contributed by atoms with Gasteiger partial charge in [0.1, 0.15) is 0 Å². The van der Waals surface area contributed by atoms with Gasteiger partial charge in [-0.2, -0.15) is 5.10 Å². The molecule has 0 atom stereocenters. The zero-order valence-electron chi connectivity index (χ0n) is 14.3. The van der Waals surface area contributed by atoms with Crippen molar-refractivity contribution in [3.8, 4) is 5.69 Å². The van der Waals surface area contributed by atoms with Crippen LogP contribution in [0.4, 0.5) is 0 Å². The van der Waals surface area contributed by atoms with Crippen LogP contribution in [0.25, 0.3) is 5.69 Å². The molecule has 0 aliphatic carbocycles. The number of benzene rings is 1. The van der Waals surface area contributed by atoms with Crippen LogP contribution in [-0.2, 0) is 20.9 Å². The minimum Gasteiger partial charge on any atom is -0.466 e. The monoisotopic (exact) mass is 329 g/mol. The maximum absolute atomic E-state index is 11.9. The number of esters is 1. The number of hydrogen-bond donors (Lipinski definition) is 1. The van der Waals surface area contributed by atoms with E-state index in [1.165, 1.54) is 0 Å². The molecule has 24 heavy (non-hydrogen) atoms. The number of carbonyl (C=O) groups excluding carboxylic acids is 2. The van der Waals surface area contributed by atoms with E-state index in [0.29, 0.717) is 13.2 Å². The van der Waals surface area contributed by atoms with E-state index in [4.69, 9.17) is 4.74 Å². The maximum Gasteiger partial charge on any atom is 0.306 e. The molecular weight excluding hydrogens is 306 g/mol. The third-order valence-electron chi connectivity index (χ3n) is 3.77. The Kier molecular flexibility index (Phi) is 6.12. The summed E-state index contributed by atoms with van der Waals surface area (Å²) >= 11 is 0. The molecule has 0 saturated heterocycles. The Hall–Kier alpha value is -2.63. The van der Waals surface area contributed by atoms with Crippen molar-refractivity contribution in [2.45, 2.75) is 40.2 Å². The highest BCUT2D eigenvalue weighted by Crippen LogP contribution is 2.17. The zero-order chi connectivity index (χ0) is 17.5. The van der Waals surface area contributed by atoms with Crippen molar-refractivity contribution in [1.29, 1.82) is 0 Å². The van der Waals surface area contributed by atoms with Crippen LogP contribution >= 0.6 is 0 Å². The van der Waals surface area contributed by atoms with E-state index in [9.17, 15) is 9.59 Å². The molecule has 0 radical (unpaired) electrons. The van der Waals surface area contributed by atoms with Gasteiger partial charge in [-0.3, -0.25) is 9.59 Å². The summed E-state index contributed by atoms with van der Waals surface area (Å²) in [4.78, 5) is 23.2. The highest BCUT2D eigenvalue weighted by Gasteiger charge is 2.14. The molecule has 0 unspecified atom stereocenters. The van der Waals surface area contributed by atoms with Crippen LogP contribution in [0.2, 0.25) is 0 Å². The van der Waals surface area contributed by atoms with Gasteiger partial charge in [-0.25, -0.2) is 4.68 Å². The summed E-state index contributed by atoms with van der Waals surface area (Å²) < 4.78 is 6.68. The van der Waals surface area contributed by atoms with Gasteiger partial charge in [0.05, 0.1) is 24.4 Å². The first-order valence-electron chi connectivity index (χ1n) is 8.05.